The summed E-state index contributed by atoms with van der Waals surface area (Å²) in [4.78, 5) is 49.6. The zero-order chi connectivity index (χ0) is 30.8. The second kappa shape index (κ2) is 11.7. The molecule has 216 valence electrons. The summed E-state index contributed by atoms with van der Waals surface area (Å²) >= 11 is 5.89. The third-order valence-electron chi connectivity index (χ3n) is 5.93. The Morgan fingerprint density at radius 3 is 2.36 bits per heavy atom. The van der Waals surface area contributed by atoms with Crippen molar-refractivity contribution >= 4 is 46.9 Å². The lowest BCUT2D eigenvalue weighted by atomic mass is 10.0. The van der Waals surface area contributed by atoms with E-state index in [0.29, 0.717) is 22.7 Å². The molecule has 1 saturated heterocycles. The molecule has 1 heterocycles. The Morgan fingerprint density at radius 1 is 1.07 bits per heavy atom. The number of benzene rings is 3. The monoisotopic (exact) mass is 601 g/mol. The van der Waals surface area contributed by atoms with E-state index < -0.39 is 51.5 Å². The number of urea groups is 1. The van der Waals surface area contributed by atoms with Crippen molar-refractivity contribution in [1.82, 2.24) is 5.32 Å². The topological polar surface area (TPSA) is 128 Å². The van der Waals surface area contributed by atoms with Gasteiger partial charge in [-0.05, 0) is 66.6 Å². The number of imide groups is 2. The van der Waals surface area contributed by atoms with E-state index in [9.17, 15) is 37.7 Å². The van der Waals surface area contributed by atoms with Gasteiger partial charge in [-0.25, -0.2) is 9.69 Å². The molecule has 1 fully saturated rings. The van der Waals surface area contributed by atoms with E-state index in [2.05, 4.69) is 11.9 Å². The number of allylic oxidation sites excluding steroid dienone is 1. The SMILES string of the molecule is C=CCc1cc(/C=C2\C(=O)NC(=O)N(c3ccc(Cl)cc3)C2=O)cc(OC)c1Oc1ccc(C(F)(F)F)cc1[N+](=O)[O-]. The van der Waals surface area contributed by atoms with Gasteiger partial charge in [0.25, 0.3) is 11.8 Å². The van der Waals surface area contributed by atoms with Gasteiger partial charge >= 0.3 is 17.9 Å². The third-order valence-corrected chi connectivity index (χ3v) is 6.18. The first-order valence-electron chi connectivity index (χ1n) is 11.9. The van der Waals surface area contributed by atoms with E-state index in [1.54, 1.807) is 0 Å². The highest BCUT2D eigenvalue weighted by atomic mass is 35.5. The second-order valence-electron chi connectivity index (χ2n) is 8.68. The van der Waals surface area contributed by atoms with E-state index >= 15 is 0 Å². The number of methoxy groups -OCH3 is 1. The predicted molar refractivity (Wildman–Crippen MR) is 146 cm³/mol. The lowest BCUT2D eigenvalue weighted by Gasteiger charge is -2.26. The molecular formula is C28H19ClF3N3O7. The number of hydrogen-bond acceptors (Lipinski definition) is 7. The fourth-order valence-electron chi connectivity index (χ4n) is 4.02. The third kappa shape index (κ3) is 6.10. The van der Waals surface area contributed by atoms with E-state index in [4.69, 9.17) is 21.1 Å². The van der Waals surface area contributed by atoms with Gasteiger partial charge in [-0.2, -0.15) is 13.2 Å². The Labute approximate surface area is 240 Å². The van der Waals surface area contributed by atoms with Crippen LogP contribution in [0.1, 0.15) is 16.7 Å². The zero-order valence-corrected chi connectivity index (χ0v) is 22.3. The highest BCUT2D eigenvalue weighted by Crippen LogP contribution is 2.42. The van der Waals surface area contributed by atoms with Crippen LogP contribution in [0, 0.1) is 10.1 Å². The summed E-state index contributed by atoms with van der Waals surface area (Å²) in [5.41, 5.74) is -1.86. The molecule has 0 aromatic heterocycles. The lowest BCUT2D eigenvalue weighted by Crippen LogP contribution is -2.54. The summed E-state index contributed by atoms with van der Waals surface area (Å²) in [6.45, 7) is 3.65. The van der Waals surface area contributed by atoms with Crippen LogP contribution in [0.4, 0.5) is 29.3 Å². The number of rotatable bonds is 8. The number of hydrogen-bond donors (Lipinski definition) is 1. The molecule has 0 radical (unpaired) electrons. The summed E-state index contributed by atoms with van der Waals surface area (Å²) in [6.07, 6.45) is -2.07. The first kappa shape index (κ1) is 29.8. The standard InChI is InChI=1S/C28H19ClF3N3O7/c1-3-4-16-11-15(12-20-25(36)33-27(38)34(26(20)37)19-8-6-18(29)7-9-19)13-23(41-2)24(16)42-22-10-5-17(28(30,31)32)14-21(22)35(39)40/h3,5-14H,1,4H2,2H3,(H,33,36,38)/b20-12+. The van der Waals surface area contributed by atoms with E-state index in [1.165, 1.54) is 55.7 Å². The number of anilines is 1. The number of alkyl halides is 3. The molecule has 0 bridgehead atoms. The minimum atomic E-state index is -4.82. The molecule has 0 spiro atoms. The van der Waals surface area contributed by atoms with Gasteiger partial charge in [0.1, 0.15) is 5.57 Å². The molecule has 4 rings (SSSR count). The highest BCUT2D eigenvalue weighted by molar-refractivity contribution is 6.39. The molecule has 0 saturated carbocycles. The number of amides is 4. The number of carbonyl (C=O) groups excluding carboxylic acids is 3. The Morgan fingerprint density at radius 2 is 1.76 bits per heavy atom. The first-order chi connectivity index (χ1) is 19.8. The molecule has 4 amide bonds. The van der Waals surface area contributed by atoms with Gasteiger partial charge in [0.2, 0.25) is 5.75 Å². The fourth-order valence-corrected chi connectivity index (χ4v) is 4.15. The Bertz CT molecular complexity index is 1650. The van der Waals surface area contributed by atoms with Crippen LogP contribution in [0.5, 0.6) is 17.2 Å². The number of barbiturate groups is 1. The van der Waals surface area contributed by atoms with Gasteiger partial charge in [-0.15, -0.1) is 6.58 Å². The molecule has 10 nitrogen and oxygen atoms in total. The van der Waals surface area contributed by atoms with Crippen LogP contribution in [0.3, 0.4) is 0 Å². The van der Waals surface area contributed by atoms with Crippen LogP contribution in [0.15, 0.2) is 72.8 Å². The molecule has 0 unspecified atom stereocenters. The van der Waals surface area contributed by atoms with Crippen LogP contribution in [0.2, 0.25) is 5.02 Å². The molecule has 1 N–H and O–H groups in total. The van der Waals surface area contributed by atoms with E-state index in [1.807, 2.05) is 0 Å². The number of ether oxygens (including phenoxy) is 2. The second-order valence-corrected chi connectivity index (χ2v) is 9.11. The quantitative estimate of drug-likeness (QED) is 0.103. The van der Waals surface area contributed by atoms with Crippen molar-refractivity contribution in [3.05, 3.63) is 105 Å². The number of nitrogens with zero attached hydrogens (tertiary/aromatic N) is 2. The minimum Gasteiger partial charge on any atom is -0.493 e. The molecule has 14 heteroatoms. The summed E-state index contributed by atoms with van der Waals surface area (Å²) in [7, 11) is 1.25. The average molecular weight is 602 g/mol. The van der Waals surface area contributed by atoms with E-state index in [-0.39, 0.29) is 29.2 Å². The maximum Gasteiger partial charge on any atom is 0.416 e. The van der Waals surface area contributed by atoms with Crippen LogP contribution in [0.25, 0.3) is 6.08 Å². The van der Waals surface area contributed by atoms with Crippen molar-refractivity contribution in [2.45, 2.75) is 12.6 Å². The fraction of sp³-hybridized carbons (Fsp3) is 0.107. The molecule has 3 aromatic carbocycles. The Kier molecular flexibility index (Phi) is 8.34. The maximum atomic E-state index is 13.2. The summed E-state index contributed by atoms with van der Waals surface area (Å²) in [6, 6.07) is 9.43. The number of nitrogens with one attached hydrogen (secondary N) is 1. The summed E-state index contributed by atoms with van der Waals surface area (Å²) in [5, 5.41) is 14.0. The molecular weight excluding hydrogens is 583 g/mol. The van der Waals surface area contributed by atoms with Crippen molar-refractivity contribution in [3.63, 3.8) is 0 Å². The van der Waals surface area contributed by atoms with Crippen molar-refractivity contribution in [1.29, 1.82) is 0 Å². The number of nitro benzene ring substituents is 1. The number of halogens is 4. The first-order valence-corrected chi connectivity index (χ1v) is 12.2. The summed E-state index contributed by atoms with van der Waals surface area (Å²) in [5.74, 6) is -2.46. The van der Waals surface area contributed by atoms with Gasteiger partial charge in [-0.3, -0.25) is 25.0 Å². The van der Waals surface area contributed by atoms with Crippen LogP contribution >= 0.6 is 11.6 Å². The average Bonchev–Trinajstić information content (AvgIpc) is 2.92. The zero-order valence-electron chi connectivity index (χ0n) is 21.5. The smallest absolute Gasteiger partial charge is 0.416 e. The van der Waals surface area contributed by atoms with Crippen LogP contribution in [-0.2, 0) is 22.2 Å². The van der Waals surface area contributed by atoms with Gasteiger partial charge in [0.15, 0.2) is 11.5 Å². The molecule has 1 aliphatic heterocycles. The molecule has 3 aromatic rings. The molecule has 42 heavy (non-hydrogen) atoms. The van der Waals surface area contributed by atoms with Crippen molar-refractivity contribution in [2.75, 3.05) is 12.0 Å². The Balaban J connectivity index is 1.78. The molecule has 1 aliphatic rings. The number of carbonyl (C=O) groups is 3. The van der Waals surface area contributed by atoms with E-state index in [0.717, 1.165) is 11.0 Å². The van der Waals surface area contributed by atoms with Crippen molar-refractivity contribution < 1.29 is 42.0 Å². The van der Waals surface area contributed by atoms with Gasteiger partial charge < -0.3 is 9.47 Å². The summed E-state index contributed by atoms with van der Waals surface area (Å²) < 4.78 is 50.5. The lowest BCUT2D eigenvalue weighted by molar-refractivity contribution is -0.385. The number of nitro groups is 1. The van der Waals surface area contributed by atoms with Crippen LogP contribution < -0.4 is 19.7 Å². The highest BCUT2D eigenvalue weighted by Gasteiger charge is 2.37. The normalized spacial score (nSPS) is 14.5. The van der Waals surface area contributed by atoms with Crippen molar-refractivity contribution in [2.24, 2.45) is 0 Å². The van der Waals surface area contributed by atoms with Gasteiger partial charge in [0.05, 0.1) is 23.3 Å². The maximum absolute atomic E-state index is 13.2. The molecule has 0 aliphatic carbocycles. The van der Waals surface area contributed by atoms with Gasteiger partial charge in [-0.1, -0.05) is 17.7 Å². The van der Waals surface area contributed by atoms with Crippen LogP contribution in [-0.4, -0.2) is 29.9 Å². The minimum absolute atomic E-state index is 0.0234. The predicted octanol–water partition coefficient (Wildman–Crippen LogP) is 6.46. The van der Waals surface area contributed by atoms with Crippen molar-refractivity contribution in [3.8, 4) is 17.2 Å². The van der Waals surface area contributed by atoms with Gasteiger partial charge in [0, 0.05) is 16.7 Å². The largest absolute Gasteiger partial charge is 0.493 e. The molecule has 0 atom stereocenters. The Hall–Kier alpha value is -5.17.